The van der Waals surface area contributed by atoms with Gasteiger partial charge in [0.15, 0.2) is 0 Å². The molecule has 0 aliphatic heterocycles. The first-order valence-corrected chi connectivity index (χ1v) is 9.40. The van der Waals surface area contributed by atoms with Gasteiger partial charge in [-0.3, -0.25) is 4.31 Å². The summed E-state index contributed by atoms with van der Waals surface area (Å²) in [6.45, 7) is 0. The lowest BCUT2D eigenvalue weighted by Gasteiger charge is -2.18. The van der Waals surface area contributed by atoms with Crippen molar-refractivity contribution in [2.75, 3.05) is 11.4 Å². The fourth-order valence-electron chi connectivity index (χ4n) is 1.56. The Morgan fingerprint density at radius 2 is 1.95 bits per heavy atom. The zero-order valence-corrected chi connectivity index (χ0v) is 15.5. The second-order valence-electron chi connectivity index (χ2n) is 4.07. The van der Waals surface area contributed by atoms with Crippen LogP contribution in [0.5, 0.6) is 0 Å². The number of halogens is 2. The molecule has 0 atom stereocenters. The molecule has 0 radical (unpaired) electrons. The van der Waals surface area contributed by atoms with Crippen LogP contribution in [0.3, 0.4) is 0 Å². The van der Waals surface area contributed by atoms with Crippen LogP contribution in [0.4, 0.5) is 5.69 Å². The molecule has 0 saturated carbocycles. The molecule has 1 aromatic heterocycles. The number of nitrogens with two attached hydrogens (primary N) is 1. The predicted octanol–water partition coefficient (Wildman–Crippen LogP) is 3.62. The quantitative estimate of drug-likeness (QED) is 0.760. The van der Waals surface area contributed by atoms with Crippen molar-refractivity contribution in [1.29, 1.82) is 0 Å². The molecule has 2 rings (SSSR count). The summed E-state index contributed by atoms with van der Waals surface area (Å²) in [5.74, 6) is 0. The number of hydrogen-bond acceptors (Lipinski definition) is 4. The van der Waals surface area contributed by atoms with Gasteiger partial charge in [0, 0.05) is 12.6 Å². The Bertz CT molecular complexity index is 768. The Balaban J connectivity index is 2.38. The van der Waals surface area contributed by atoms with E-state index < -0.39 is 10.0 Å². The molecule has 21 heavy (non-hydrogen) atoms. The first kappa shape index (κ1) is 16.7. The van der Waals surface area contributed by atoms with Crippen molar-refractivity contribution in [1.82, 2.24) is 0 Å². The van der Waals surface area contributed by atoms with Crippen LogP contribution in [-0.2, 0) is 10.0 Å². The van der Waals surface area contributed by atoms with Crippen LogP contribution in [0.15, 0.2) is 38.3 Å². The first-order chi connectivity index (χ1) is 9.73. The van der Waals surface area contributed by atoms with Gasteiger partial charge in [0.2, 0.25) is 0 Å². The largest absolute Gasteiger partial charge is 0.389 e. The summed E-state index contributed by atoms with van der Waals surface area (Å²) in [6.07, 6.45) is 0. The van der Waals surface area contributed by atoms with Crippen LogP contribution >= 0.6 is 51.1 Å². The van der Waals surface area contributed by atoms with Gasteiger partial charge >= 0.3 is 0 Å². The van der Waals surface area contributed by atoms with Crippen LogP contribution in [0, 0.1) is 0 Å². The molecule has 0 saturated heterocycles. The van der Waals surface area contributed by atoms with Gasteiger partial charge in [-0.25, -0.2) is 8.42 Å². The van der Waals surface area contributed by atoms with Crippen molar-refractivity contribution in [3.8, 4) is 0 Å². The monoisotopic (exact) mass is 424 g/mol. The molecule has 2 N–H and O–H groups in total. The van der Waals surface area contributed by atoms with Gasteiger partial charge in [-0.15, -0.1) is 11.3 Å². The van der Waals surface area contributed by atoms with Gasteiger partial charge in [0.25, 0.3) is 10.0 Å². The Morgan fingerprint density at radius 3 is 2.38 bits per heavy atom. The van der Waals surface area contributed by atoms with Gasteiger partial charge in [-0.05, 0) is 46.3 Å². The lowest BCUT2D eigenvalue weighted by atomic mass is 10.2. The molecule has 112 valence electrons. The lowest BCUT2D eigenvalue weighted by Crippen LogP contribution is -2.25. The third-order valence-corrected chi connectivity index (χ3v) is 7.70. The molecule has 0 aliphatic rings. The van der Waals surface area contributed by atoms with E-state index in [2.05, 4.69) is 15.9 Å². The van der Waals surface area contributed by atoms with Crippen LogP contribution in [0.2, 0.25) is 5.02 Å². The number of thiophene rings is 1. The zero-order chi connectivity index (χ0) is 15.8. The smallest absolute Gasteiger partial charge is 0.273 e. The summed E-state index contributed by atoms with van der Waals surface area (Å²) in [5.41, 5.74) is 6.71. The first-order valence-electron chi connectivity index (χ1n) is 5.57. The van der Waals surface area contributed by atoms with E-state index in [-0.39, 0.29) is 9.20 Å². The number of benzene rings is 1. The van der Waals surface area contributed by atoms with Crippen LogP contribution in [0.1, 0.15) is 5.56 Å². The van der Waals surface area contributed by atoms with Crippen LogP contribution in [-0.4, -0.2) is 20.5 Å². The molecule has 0 bridgehead atoms. The highest BCUT2D eigenvalue weighted by Gasteiger charge is 2.24. The van der Waals surface area contributed by atoms with Gasteiger partial charge in [-0.2, -0.15) is 0 Å². The minimum absolute atomic E-state index is 0.167. The average molecular weight is 426 g/mol. The molecule has 0 fully saturated rings. The molecule has 1 aromatic carbocycles. The predicted molar refractivity (Wildman–Crippen MR) is 94.9 cm³/mol. The zero-order valence-electron chi connectivity index (χ0n) is 10.7. The van der Waals surface area contributed by atoms with E-state index in [0.29, 0.717) is 20.1 Å². The van der Waals surface area contributed by atoms with E-state index in [0.717, 1.165) is 11.3 Å². The van der Waals surface area contributed by atoms with Gasteiger partial charge in [-0.1, -0.05) is 23.8 Å². The van der Waals surface area contributed by atoms with Gasteiger partial charge < -0.3 is 5.73 Å². The highest BCUT2D eigenvalue weighted by atomic mass is 79.9. The summed E-state index contributed by atoms with van der Waals surface area (Å²) in [7, 11) is -2.17. The van der Waals surface area contributed by atoms with Crippen molar-refractivity contribution in [3.63, 3.8) is 0 Å². The van der Waals surface area contributed by atoms with E-state index in [1.54, 1.807) is 24.3 Å². The van der Waals surface area contributed by atoms with Crippen LogP contribution in [0.25, 0.3) is 0 Å². The van der Waals surface area contributed by atoms with E-state index in [1.807, 2.05) is 0 Å². The molecular formula is C12H10BrClN2O2S3. The maximum atomic E-state index is 12.5. The molecule has 2 aromatic rings. The minimum atomic E-state index is -3.65. The number of hydrogen-bond donors (Lipinski definition) is 1. The summed E-state index contributed by atoms with van der Waals surface area (Å²) >= 11 is 15.0. The third-order valence-electron chi connectivity index (χ3n) is 2.75. The fraction of sp³-hybridized carbons (Fsp3) is 0.0833. The molecule has 0 aliphatic carbocycles. The fourth-order valence-corrected chi connectivity index (χ4v) is 5.47. The molecule has 1 heterocycles. The lowest BCUT2D eigenvalue weighted by molar-refractivity contribution is 0.596. The summed E-state index contributed by atoms with van der Waals surface area (Å²) < 4.78 is 27.0. The van der Waals surface area contributed by atoms with E-state index in [4.69, 9.17) is 29.6 Å². The van der Waals surface area contributed by atoms with Crippen molar-refractivity contribution in [3.05, 3.63) is 44.7 Å². The SMILES string of the molecule is CN(c1ccc(C(N)=S)cc1)S(=O)(=O)c1cc(Cl)c(Br)s1. The highest BCUT2D eigenvalue weighted by molar-refractivity contribution is 9.11. The number of nitrogens with zero attached hydrogens (tertiary/aromatic N) is 1. The Labute approximate surface area is 145 Å². The van der Waals surface area contributed by atoms with Crippen LogP contribution < -0.4 is 10.0 Å². The molecule has 9 heteroatoms. The average Bonchev–Trinajstić information content (AvgIpc) is 2.78. The molecule has 0 amide bonds. The maximum absolute atomic E-state index is 12.5. The normalized spacial score (nSPS) is 11.4. The maximum Gasteiger partial charge on any atom is 0.273 e. The number of thiocarbonyl (C=S) groups is 1. The van der Waals surface area contributed by atoms with E-state index in [1.165, 1.54) is 17.4 Å². The van der Waals surface area contributed by atoms with Crippen molar-refractivity contribution in [2.45, 2.75) is 4.21 Å². The highest BCUT2D eigenvalue weighted by Crippen LogP contribution is 2.36. The van der Waals surface area contributed by atoms with Gasteiger partial charge in [0.1, 0.15) is 9.20 Å². The second kappa shape index (κ2) is 6.21. The molecular weight excluding hydrogens is 416 g/mol. The van der Waals surface area contributed by atoms with E-state index in [9.17, 15) is 8.42 Å². The topological polar surface area (TPSA) is 63.4 Å². The number of rotatable bonds is 4. The molecule has 0 spiro atoms. The van der Waals surface area contributed by atoms with Gasteiger partial charge in [0.05, 0.1) is 14.5 Å². The summed E-state index contributed by atoms with van der Waals surface area (Å²) in [4.78, 5) is 0.265. The number of anilines is 1. The van der Waals surface area contributed by atoms with E-state index >= 15 is 0 Å². The summed E-state index contributed by atoms with van der Waals surface area (Å²) in [5, 5.41) is 0.371. The summed E-state index contributed by atoms with van der Waals surface area (Å²) in [6, 6.07) is 8.08. The number of sulfonamides is 1. The molecule has 0 unspecified atom stereocenters. The van der Waals surface area contributed by atoms with Crippen molar-refractivity contribution >= 4 is 71.8 Å². The Hall–Kier alpha value is -0.670. The van der Waals surface area contributed by atoms with Crippen molar-refractivity contribution < 1.29 is 8.42 Å². The van der Waals surface area contributed by atoms with Crippen molar-refractivity contribution in [2.24, 2.45) is 5.73 Å². The second-order valence-corrected chi connectivity index (χ2v) is 9.48. The molecule has 4 nitrogen and oxygen atoms in total. The Morgan fingerprint density at radius 1 is 1.38 bits per heavy atom. The minimum Gasteiger partial charge on any atom is -0.389 e. The standard InChI is InChI=1S/C12H10BrClN2O2S3/c1-16(8-4-2-7(3-5-8)12(15)19)21(17,18)10-6-9(14)11(13)20-10/h2-6H,1H3,(H2,15,19). The third kappa shape index (κ3) is 3.40. The Kier molecular flexibility index (Phi) is 4.94.